The van der Waals surface area contributed by atoms with Crippen molar-refractivity contribution in [1.29, 1.82) is 0 Å². The lowest BCUT2D eigenvalue weighted by Crippen LogP contribution is -2.53. The molecular formula is C17H24ClN3O4S. The molecule has 144 valence electrons. The van der Waals surface area contributed by atoms with E-state index in [2.05, 4.69) is 16.0 Å². The molecule has 0 radical (unpaired) electrons. The van der Waals surface area contributed by atoms with Gasteiger partial charge in [-0.05, 0) is 30.5 Å². The van der Waals surface area contributed by atoms with Crippen LogP contribution in [0.2, 0.25) is 5.02 Å². The van der Waals surface area contributed by atoms with E-state index >= 15 is 0 Å². The molecule has 1 aliphatic heterocycles. The maximum absolute atomic E-state index is 12.6. The van der Waals surface area contributed by atoms with E-state index in [0.717, 1.165) is 0 Å². The molecule has 0 bridgehead atoms. The van der Waals surface area contributed by atoms with Crippen molar-refractivity contribution in [3.05, 3.63) is 29.3 Å². The number of benzene rings is 1. The first-order valence-electron chi connectivity index (χ1n) is 8.54. The van der Waals surface area contributed by atoms with E-state index < -0.39 is 28.0 Å². The van der Waals surface area contributed by atoms with Crippen molar-refractivity contribution in [3.8, 4) is 0 Å². The Morgan fingerprint density at radius 1 is 1.35 bits per heavy atom. The molecule has 1 aromatic rings. The van der Waals surface area contributed by atoms with Gasteiger partial charge in [-0.1, -0.05) is 37.9 Å². The number of carbonyl (C=O) groups is 2. The lowest BCUT2D eigenvalue weighted by Gasteiger charge is -2.24. The molecule has 0 aliphatic carbocycles. The van der Waals surface area contributed by atoms with E-state index in [1.807, 2.05) is 13.8 Å². The maximum Gasteiger partial charge on any atom is 0.315 e. The van der Waals surface area contributed by atoms with E-state index in [0.29, 0.717) is 23.6 Å². The minimum absolute atomic E-state index is 0.0663. The van der Waals surface area contributed by atoms with E-state index in [-0.39, 0.29) is 23.3 Å². The summed E-state index contributed by atoms with van der Waals surface area (Å²) in [6.07, 6.45) is 1.07. The van der Waals surface area contributed by atoms with Crippen molar-refractivity contribution < 1.29 is 18.0 Å². The number of anilines is 1. The van der Waals surface area contributed by atoms with Crippen LogP contribution in [-0.2, 0) is 14.6 Å². The molecule has 1 aromatic carbocycles. The van der Waals surface area contributed by atoms with Crippen molar-refractivity contribution in [3.63, 3.8) is 0 Å². The van der Waals surface area contributed by atoms with Crippen LogP contribution in [0.15, 0.2) is 24.3 Å². The Hall–Kier alpha value is -1.80. The minimum Gasteiger partial charge on any atom is -0.334 e. The zero-order chi connectivity index (χ0) is 19.3. The Kier molecular flexibility index (Phi) is 6.88. The number of sulfone groups is 1. The van der Waals surface area contributed by atoms with Crippen molar-refractivity contribution in [2.75, 3.05) is 16.8 Å². The smallest absolute Gasteiger partial charge is 0.315 e. The van der Waals surface area contributed by atoms with E-state index in [1.165, 1.54) is 0 Å². The van der Waals surface area contributed by atoms with Crippen LogP contribution in [0.1, 0.15) is 26.7 Å². The van der Waals surface area contributed by atoms with Gasteiger partial charge in [-0.3, -0.25) is 4.79 Å². The van der Waals surface area contributed by atoms with Gasteiger partial charge < -0.3 is 16.0 Å². The van der Waals surface area contributed by atoms with Crippen molar-refractivity contribution in [2.45, 2.75) is 38.8 Å². The molecule has 9 heteroatoms. The standard InChI is InChI=1S/C17H24ClN3O4S/c1-3-11(2)15(16(22)19-13-6-4-5-12(18)9-13)21-17(23)20-14-7-8-26(24,25)10-14/h4-6,9,11,14-15H,3,7-8,10H2,1-2H3,(H,19,22)(H2,20,21,23)/t11-,14+,15+/m1/s1. The highest BCUT2D eigenvalue weighted by atomic mass is 35.5. The highest BCUT2D eigenvalue weighted by Gasteiger charge is 2.31. The third kappa shape index (κ3) is 5.88. The zero-order valence-electron chi connectivity index (χ0n) is 14.8. The lowest BCUT2D eigenvalue weighted by atomic mass is 9.98. The summed E-state index contributed by atoms with van der Waals surface area (Å²) >= 11 is 5.92. The topological polar surface area (TPSA) is 104 Å². The predicted octanol–water partition coefficient (Wildman–Crippen LogP) is 2.18. The van der Waals surface area contributed by atoms with Crippen LogP contribution in [0.5, 0.6) is 0 Å². The molecule has 0 saturated carbocycles. The molecule has 2 rings (SSSR count). The second kappa shape index (κ2) is 8.73. The number of amides is 3. The molecule has 1 heterocycles. The third-order valence-electron chi connectivity index (χ3n) is 4.44. The van der Waals surface area contributed by atoms with E-state index in [1.54, 1.807) is 24.3 Å². The fourth-order valence-electron chi connectivity index (χ4n) is 2.77. The van der Waals surface area contributed by atoms with Gasteiger partial charge in [0.2, 0.25) is 5.91 Å². The zero-order valence-corrected chi connectivity index (χ0v) is 16.4. The number of nitrogens with one attached hydrogen (secondary N) is 3. The molecule has 0 spiro atoms. The average Bonchev–Trinajstić information content (AvgIpc) is 2.90. The second-order valence-corrected chi connectivity index (χ2v) is 9.25. The molecule has 1 saturated heterocycles. The monoisotopic (exact) mass is 401 g/mol. The number of rotatable bonds is 6. The Balaban J connectivity index is 2.00. The SMILES string of the molecule is CC[C@@H](C)[C@H](NC(=O)N[C@H]1CCS(=O)(=O)C1)C(=O)Nc1cccc(Cl)c1. The summed E-state index contributed by atoms with van der Waals surface area (Å²) < 4.78 is 23.0. The summed E-state index contributed by atoms with van der Waals surface area (Å²) in [5, 5.41) is 8.55. The molecule has 1 aliphatic rings. The number of carbonyl (C=O) groups excluding carboxylic acids is 2. The van der Waals surface area contributed by atoms with E-state index in [9.17, 15) is 18.0 Å². The van der Waals surface area contributed by atoms with Crippen LogP contribution in [-0.4, -0.2) is 43.9 Å². The van der Waals surface area contributed by atoms with Gasteiger partial charge in [-0.15, -0.1) is 0 Å². The molecule has 26 heavy (non-hydrogen) atoms. The highest BCUT2D eigenvalue weighted by molar-refractivity contribution is 7.91. The first-order chi connectivity index (χ1) is 12.2. The number of hydrogen-bond donors (Lipinski definition) is 3. The summed E-state index contributed by atoms with van der Waals surface area (Å²) in [5.74, 6) is -0.450. The van der Waals surface area contributed by atoms with Crippen molar-refractivity contribution in [2.24, 2.45) is 5.92 Å². The normalized spacial score (nSPS) is 20.8. The molecule has 3 amide bonds. The quantitative estimate of drug-likeness (QED) is 0.679. The first kappa shape index (κ1) is 20.5. The molecule has 7 nitrogen and oxygen atoms in total. The largest absolute Gasteiger partial charge is 0.334 e. The summed E-state index contributed by atoms with van der Waals surface area (Å²) in [7, 11) is -3.09. The Bertz CT molecular complexity index is 769. The maximum atomic E-state index is 12.6. The van der Waals surface area contributed by atoms with Crippen LogP contribution in [0, 0.1) is 5.92 Å². The van der Waals surface area contributed by atoms with Crippen LogP contribution in [0.4, 0.5) is 10.5 Å². The Labute approximate surface area is 158 Å². The second-order valence-electron chi connectivity index (χ2n) is 6.58. The molecule has 3 N–H and O–H groups in total. The van der Waals surface area contributed by atoms with Gasteiger partial charge in [0.1, 0.15) is 6.04 Å². The summed E-state index contributed by atoms with van der Waals surface area (Å²) in [4.78, 5) is 24.8. The molecule has 0 aromatic heterocycles. The fraction of sp³-hybridized carbons (Fsp3) is 0.529. The van der Waals surface area contributed by atoms with Crippen molar-refractivity contribution in [1.82, 2.24) is 10.6 Å². The Morgan fingerprint density at radius 2 is 2.08 bits per heavy atom. The summed E-state index contributed by atoms with van der Waals surface area (Å²) in [6, 6.07) is 5.03. The van der Waals surface area contributed by atoms with Crippen molar-refractivity contribution >= 4 is 39.1 Å². The molecule has 0 unspecified atom stereocenters. The van der Waals surface area contributed by atoms with Crippen LogP contribution < -0.4 is 16.0 Å². The van der Waals surface area contributed by atoms with Gasteiger partial charge in [0, 0.05) is 16.8 Å². The highest BCUT2D eigenvalue weighted by Crippen LogP contribution is 2.17. The average molecular weight is 402 g/mol. The molecular weight excluding hydrogens is 378 g/mol. The van der Waals surface area contributed by atoms with Gasteiger partial charge in [0.05, 0.1) is 11.5 Å². The first-order valence-corrected chi connectivity index (χ1v) is 10.7. The van der Waals surface area contributed by atoms with Crippen LogP contribution in [0.3, 0.4) is 0 Å². The third-order valence-corrected chi connectivity index (χ3v) is 6.44. The number of urea groups is 1. The van der Waals surface area contributed by atoms with Gasteiger partial charge in [0.15, 0.2) is 9.84 Å². The molecule has 3 atom stereocenters. The summed E-state index contributed by atoms with van der Waals surface area (Å²) in [5.41, 5.74) is 0.542. The summed E-state index contributed by atoms with van der Waals surface area (Å²) in [6.45, 7) is 3.79. The number of halogens is 1. The van der Waals surface area contributed by atoms with Gasteiger partial charge in [0.25, 0.3) is 0 Å². The minimum atomic E-state index is -3.09. The van der Waals surface area contributed by atoms with Gasteiger partial charge in [-0.25, -0.2) is 13.2 Å². The van der Waals surface area contributed by atoms with Gasteiger partial charge >= 0.3 is 6.03 Å². The van der Waals surface area contributed by atoms with Crippen LogP contribution in [0.25, 0.3) is 0 Å². The van der Waals surface area contributed by atoms with E-state index in [4.69, 9.17) is 11.6 Å². The van der Waals surface area contributed by atoms with Crippen LogP contribution >= 0.6 is 11.6 Å². The Morgan fingerprint density at radius 3 is 2.65 bits per heavy atom. The fourth-order valence-corrected chi connectivity index (χ4v) is 4.63. The van der Waals surface area contributed by atoms with Gasteiger partial charge in [-0.2, -0.15) is 0 Å². The lowest BCUT2D eigenvalue weighted by molar-refractivity contribution is -0.119. The predicted molar refractivity (Wildman–Crippen MR) is 102 cm³/mol. The number of hydrogen-bond acceptors (Lipinski definition) is 4. The molecule has 1 fully saturated rings.